The van der Waals surface area contributed by atoms with Gasteiger partial charge in [-0.2, -0.15) is 0 Å². The average molecular weight is 142 g/mol. The summed E-state index contributed by atoms with van der Waals surface area (Å²) in [6, 6.07) is 0. The van der Waals surface area contributed by atoms with E-state index in [4.69, 9.17) is 0 Å². The van der Waals surface area contributed by atoms with Gasteiger partial charge in [0.1, 0.15) is 5.60 Å². The first kappa shape index (κ1) is 7.76. The van der Waals surface area contributed by atoms with Crippen LogP contribution in [0, 0.1) is 5.92 Å². The van der Waals surface area contributed by atoms with Gasteiger partial charge in [-0.05, 0) is 19.3 Å². The van der Waals surface area contributed by atoms with Crippen LogP contribution in [0.15, 0.2) is 12.2 Å². The van der Waals surface area contributed by atoms with Crippen LogP contribution in [-0.4, -0.2) is 21.9 Å². The summed E-state index contributed by atoms with van der Waals surface area (Å²) in [5, 5.41) is 18.9. The summed E-state index contributed by atoms with van der Waals surface area (Å²) in [7, 11) is 0. The second kappa shape index (κ2) is 2.36. The SMILES string of the molecule is CC1CC=CC(C)(O)C1O. The van der Waals surface area contributed by atoms with Gasteiger partial charge in [0.05, 0.1) is 6.10 Å². The molecular formula is C8H14O2. The number of aliphatic hydroxyl groups is 2. The zero-order valence-corrected chi connectivity index (χ0v) is 6.41. The summed E-state index contributed by atoms with van der Waals surface area (Å²) in [6.07, 6.45) is 3.82. The maximum Gasteiger partial charge on any atom is 0.106 e. The summed E-state index contributed by atoms with van der Waals surface area (Å²) in [5.74, 6) is 0.167. The van der Waals surface area contributed by atoms with Gasteiger partial charge in [0.2, 0.25) is 0 Å². The highest BCUT2D eigenvalue weighted by molar-refractivity contribution is 5.08. The maximum atomic E-state index is 9.48. The third kappa shape index (κ3) is 1.22. The lowest BCUT2D eigenvalue weighted by molar-refractivity contribution is -0.0587. The second-order valence-electron chi connectivity index (χ2n) is 3.29. The van der Waals surface area contributed by atoms with Crippen molar-refractivity contribution in [2.45, 2.75) is 32.0 Å². The van der Waals surface area contributed by atoms with Crippen molar-refractivity contribution >= 4 is 0 Å². The molecule has 0 spiro atoms. The molecule has 2 heteroatoms. The molecule has 3 atom stereocenters. The molecule has 0 heterocycles. The Kier molecular flexibility index (Phi) is 1.84. The minimum absolute atomic E-state index is 0.167. The van der Waals surface area contributed by atoms with Gasteiger partial charge in [0.25, 0.3) is 0 Å². The molecule has 3 unspecified atom stereocenters. The number of rotatable bonds is 0. The summed E-state index contributed by atoms with van der Waals surface area (Å²) >= 11 is 0. The molecule has 0 aromatic carbocycles. The van der Waals surface area contributed by atoms with Gasteiger partial charge < -0.3 is 10.2 Å². The van der Waals surface area contributed by atoms with Gasteiger partial charge in [-0.15, -0.1) is 0 Å². The molecule has 10 heavy (non-hydrogen) atoms. The highest BCUT2D eigenvalue weighted by Gasteiger charge is 2.33. The van der Waals surface area contributed by atoms with Crippen molar-refractivity contribution < 1.29 is 10.2 Å². The molecule has 0 saturated heterocycles. The Hall–Kier alpha value is -0.340. The minimum atomic E-state index is -1.02. The molecule has 0 aromatic rings. The summed E-state index contributed by atoms with van der Waals surface area (Å²) in [6.45, 7) is 3.56. The van der Waals surface area contributed by atoms with Crippen LogP contribution in [-0.2, 0) is 0 Å². The third-order valence-electron chi connectivity index (χ3n) is 2.10. The number of hydrogen-bond acceptors (Lipinski definition) is 2. The number of aliphatic hydroxyl groups excluding tert-OH is 1. The molecular weight excluding hydrogens is 128 g/mol. The highest BCUT2D eigenvalue weighted by Crippen LogP contribution is 2.26. The molecule has 0 saturated carbocycles. The molecule has 1 aliphatic rings. The Morgan fingerprint density at radius 2 is 2.20 bits per heavy atom. The van der Waals surface area contributed by atoms with Crippen molar-refractivity contribution in [3.05, 3.63) is 12.2 Å². The van der Waals surface area contributed by atoms with E-state index < -0.39 is 11.7 Å². The zero-order chi connectivity index (χ0) is 7.78. The molecule has 0 aromatic heterocycles. The van der Waals surface area contributed by atoms with Gasteiger partial charge in [-0.1, -0.05) is 19.1 Å². The molecule has 0 radical (unpaired) electrons. The van der Waals surface area contributed by atoms with E-state index in [1.807, 2.05) is 13.0 Å². The molecule has 58 valence electrons. The van der Waals surface area contributed by atoms with E-state index in [-0.39, 0.29) is 5.92 Å². The molecule has 1 rings (SSSR count). The topological polar surface area (TPSA) is 40.5 Å². The Bertz CT molecular complexity index is 149. The maximum absolute atomic E-state index is 9.48. The van der Waals surface area contributed by atoms with E-state index in [2.05, 4.69) is 0 Å². The first-order valence-electron chi connectivity index (χ1n) is 3.62. The van der Waals surface area contributed by atoms with Crippen LogP contribution in [0.1, 0.15) is 20.3 Å². The lowest BCUT2D eigenvalue weighted by atomic mass is 9.83. The monoisotopic (exact) mass is 142 g/mol. The smallest absolute Gasteiger partial charge is 0.106 e. The van der Waals surface area contributed by atoms with Crippen LogP contribution in [0.25, 0.3) is 0 Å². The summed E-state index contributed by atoms with van der Waals surface area (Å²) in [5.41, 5.74) is -1.02. The fourth-order valence-electron chi connectivity index (χ4n) is 1.32. The first-order chi connectivity index (χ1) is 4.54. The van der Waals surface area contributed by atoms with Gasteiger partial charge in [-0.3, -0.25) is 0 Å². The minimum Gasteiger partial charge on any atom is -0.390 e. The number of allylic oxidation sites excluding steroid dienone is 1. The molecule has 0 amide bonds. The van der Waals surface area contributed by atoms with E-state index in [0.717, 1.165) is 6.42 Å². The molecule has 2 N–H and O–H groups in total. The average Bonchev–Trinajstić information content (AvgIpc) is 1.83. The molecule has 0 fully saturated rings. The van der Waals surface area contributed by atoms with Crippen molar-refractivity contribution in [3.63, 3.8) is 0 Å². The Balaban J connectivity index is 2.77. The second-order valence-corrected chi connectivity index (χ2v) is 3.29. The predicted octanol–water partition coefficient (Wildman–Crippen LogP) is 0.694. The van der Waals surface area contributed by atoms with Crippen LogP contribution in [0.5, 0.6) is 0 Å². The quantitative estimate of drug-likeness (QED) is 0.489. The Morgan fingerprint density at radius 3 is 2.60 bits per heavy atom. The van der Waals surface area contributed by atoms with E-state index in [1.165, 1.54) is 0 Å². The number of hydrogen-bond donors (Lipinski definition) is 2. The lowest BCUT2D eigenvalue weighted by Crippen LogP contribution is -2.43. The Labute approximate surface area is 61.2 Å². The third-order valence-corrected chi connectivity index (χ3v) is 2.10. The standard InChI is InChI=1S/C8H14O2/c1-6-4-3-5-8(2,10)7(6)9/h3,5-7,9-10H,4H2,1-2H3. The van der Waals surface area contributed by atoms with Gasteiger partial charge in [0, 0.05) is 0 Å². The van der Waals surface area contributed by atoms with Crippen molar-refractivity contribution in [2.24, 2.45) is 5.92 Å². The first-order valence-corrected chi connectivity index (χ1v) is 3.62. The molecule has 1 aliphatic carbocycles. The fraction of sp³-hybridized carbons (Fsp3) is 0.750. The van der Waals surface area contributed by atoms with Crippen molar-refractivity contribution in [1.29, 1.82) is 0 Å². The Morgan fingerprint density at radius 1 is 1.60 bits per heavy atom. The van der Waals surface area contributed by atoms with Crippen LogP contribution in [0.3, 0.4) is 0 Å². The van der Waals surface area contributed by atoms with Crippen LogP contribution in [0.2, 0.25) is 0 Å². The van der Waals surface area contributed by atoms with E-state index in [0.29, 0.717) is 0 Å². The predicted molar refractivity (Wildman–Crippen MR) is 39.6 cm³/mol. The van der Waals surface area contributed by atoms with Gasteiger partial charge in [-0.25, -0.2) is 0 Å². The molecule has 2 nitrogen and oxygen atoms in total. The van der Waals surface area contributed by atoms with E-state index >= 15 is 0 Å². The molecule has 0 bridgehead atoms. The van der Waals surface area contributed by atoms with Crippen molar-refractivity contribution in [1.82, 2.24) is 0 Å². The lowest BCUT2D eigenvalue weighted by Gasteiger charge is -2.33. The van der Waals surface area contributed by atoms with Crippen molar-refractivity contribution in [2.75, 3.05) is 0 Å². The fourth-order valence-corrected chi connectivity index (χ4v) is 1.32. The van der Waals surface area contributed by atoms with Crippen LogP contribution in [0.4, 0.5) is 0 Å². The largest absolute Gasteiger partial charge is 0.390 e. The zero-order valence-electron chi connectivity index (χ0n) is 6.41. The van der Waals surface area contributed by atoms with Crippen molar-refractivity contribution in [3.8, 4) is 0 Å². The van der Waals surface area contributed by atoms with E-state index in [1.54, 1.807) is 13.0 Å². The van der Waals surface area contributed by atoms with Crippen LogP contribution >= 0.6 is 0 Å². The summed E-state index contributed by atoms with van der Waals surface area (Å²) < 4.78 is 0. The van der Waals surface area contributed by atoms with Gasteiger partial charge >= 0.3 is 0 Å². The highest BCUT2D eigenvalue weighted by atomic mass is 16.3. The normalized spacial score (nSPS) is 47.6. The van der Waals surface area contributed by atoms with E-state index in [9.17, 15) is 10.2 Å². The molecule has 0 aliphatic heterocycles. The van der Waals surface area contributed by atoms with Crippen LogP contribution < -0.4 is 0 Å². The van der Waals surface area contributed by atoms with Gasteiger partial charge in [0.15, 0.2) is 0 Å². The summed E-state index contributed by atoms with van der Waals surface area (Å²) in [4.78, 5) is 0.